The number of aromatic amines is 1. The molecular formula is C24H33N3O4. The smallest absolute Gasteiger partial charge is 0.251 e. The number of hydrogen-bond acceptors (Lipinski definition) is 6. The fourth-order valence-electron chi connectivity index (χ4n) is 4.75. The van der Waals surface area contributed by atoms with Gasteiger partial charge in [-0.3, -0.25) is 4.79 Å². The van der Waals surface area contributed by atoms with E-state index in [1.165, 1.54) is 12.8 Å². The van der Waals surface area contributed by atoms with E-state index in [1.807, 2.05) is 12.1 Å². The number of H-pyrrole nitrogens is 1. The van der Waals surface area contributed by atoms with E-state index in [4.69, 9.17) is 14.2 Å². The zero-order valence-corrected chi connectivity index (χ0v) is 18.6. The van der Waals surface area contributed by atoms with E-state index in [0.29, 0.717) is 13.2 Å². The summed E-state index contributed by atoms with van der Waals surface area (Å²) < 4.78 is 16.7. The van der Waals surface area contributed by atoms with Crippen LogP contribution in [0.15, 0.2) is 35.1 Å². The van der Waals surface area contributed by atoms with Gasteiger partial charge in [-0.2, -0.15) is 0 Å². The van der Waals surface area contributed by atoms with Crippen molar-refractivity contribution in [1.82, 2.24) is 4.98 Å². The van der Waals surface area contributed by atoms with Crippen LogP contribution in [-0.2, 0) is 11.2 Å². The van der Waals surface area contributed by atoms with Crippen LogP contribution in [0.5, 0.6) is 11.5 Å². The first kappa shape index (κ1) is 21.6. The van der Waals surface area contributed by atoms with Crippen LogP contribution in [0.2, 0.25) is 0 Å². The maximum atomic E-state index is 12.6. The van der Waals surface area contributed by atoms with E-state index in [1.54, 1.807) is 20.3 Å². The highest BCUT2D eigenvalue weighted by Gasteiger charge is 2.25. The molecule has 2 fully saturated rings. The molecule has 0 radical (unpaired) electrons. The van der Waals surface area contributed by atoms with E-state index in [0.717, 1.165) is 67.5 Å². The minimum Gasteiger partial charge on any atom is -0.493 e. The minimum absolute atomic E-state index is 0.0547. The average Bonchev–Trinajstić information content (AvgIpc) is 3.04. The predicted octanol–water partition coefficient (Wildman–Crippen LogP) is 3.22. The van der Waals surface area contributed by atoms with Crippen LogP contribution in [0.4, 0.5) is 11.5 Å². The molecule has 0 amide bonds. The van der Waals surface area contributed by atoms with Crippen molar-refractivity contribution in [3.63, 3.8) is 0 Å². The Hall–Kier alpha value is -2.67. The number of benzene rings is 1. The number of morpholine rings is 1. The number of methoxy groups -OCH3 is 2. The molecule has 7 nitrogen and oxygen atoms in total. The van der Waals surface area contributed by atoms with Crippen LogP contribution >= 0.6 is 0 Å². The van der Waals surface area contributed by atoms with E-state index < -0.39 is 0 Å². The summed E-state index contributed by atoms with van der Waals surface area (Å²) in [6, 6.07) is 10.2. The summed E-state index contributed by atoms with van der Waals surface area (Å²) in [7, 11) is 3.36. The molecule has 4 rings (SSSR count). The minimum atomic E-state index is -0.0547. The summed E-state index contributed by atoms with van der Waals surface area (Å²) in [5, 5.41) is 0. The number of nitrogens with zero attached hydrogens (tertiary/aromatic N) is 2. The van der Waals surface area contributed by atoms with Crippen molar-refractivity contribution in [3.05, 3.63) is 46.2 Å². The third-order valence-corrected chi connectivity index (χ3v) is 6.32. The fraction of sp³-hybridized carbons (Fsp3) is 0.542. The second kappa shape index (κ2) is 10.1. The normalized spacial score (nSPS) is 19.7. The summed E-state index contributed by atoms with van der Waals surface area (Å²) in [6.45, 7) is 3.95. The quantitative estimate of drug-likeness (QED) is 0.764. The first-order chi connectivity index (χ1) is 15.2. The van der Waals surface area contributed by atoms with Crippen molar-refractivity contribution >= 4 is 11.5 Å². The number of aromatic nitrogens is 1. The Kier molecular flexibility index (Phi) is 7.02. The number of hydrogen-bond donors (Lipinski definition) is 1. The van der Waals surface area contributed by atoms with Gasteiger partial charge in [-0.15, -0.1) is 0 Å². The number of para-hydroxylation sites is 1. The van der Waals surface area contributed by atoms with Crippen LogP contribution in [0.1, 0.15) is 31.2 Å². The molecule has 1 aromatic carbocycles. The summed E-state index contributed by atoms with van der Waals surface area (Å²) in [6.07, 6.45) is 5.42. The summed E-state index contributed by atoms with van der Waals surface area (Å²) in [5.41, 5.74) is 2.05. The Balaban J connectivity index is 1.64. The summed E-state index contributed by atoms with van der Waals surface area (Å²) in [4.78, 5) is 20.3. The molecule has 2 aliphatic heterocycles. The number of pyridine rings is 1. The molecule has 7 heteroatoms. The molecule has 0 saturated carbocycles. The van der Waals surface area contributed by atoms with Gasteiger partial charge in [-0.05, 0) is 25.3 Å². The molecule has 0 bridgehead atoms. The lowest BCUT2D eigenvalue weighted by molar-refractivity contribution is 0.122. The van der Waals surface area contributed by atoms with Gasteiger partial charge in [-0.1, -0.05) is 25.0 Å². The van der Waals surface area contributed by atoms with Crippen molar-refractivity contribution in [2.75, 3.05) is 56.9 Å². The predicted molar refractivity (Wildman–Crippen MR) is 123 cm³/mol. The molecule has 1 aromatic heterocycles. The van der Waals surface area contributed by atoms with Crippen molar-refractivity contribution in [2.45, 2.75) is 38.1 Å². The lowest BCUT2D eigenvalue weighted by atomic mass is 9.99. The van der Waals surface area contributed by atoms with Crippen LogP contribution < -0.4 is 24.8 Å². The van der Waals surface area contributed by atoms with Gasteiger partial charge in [0.25, 0.3) is 5.56 Å². The van der Waals surface area contributed by atoms with Gasteiger partial charge in [0.05, 0.1) is 27.4 Å². The topological polar surface area (TPSA) is 67.0 Å². The van der Waals surface area contributed by atoms with Crippen molar-refractivity contribution in [2.24, 2.45) is 0 Å². The van der Waals surface area contributed by atoms with Crippen LogP contribution in [0.3, 0.4) is 0 Å². The second-order valence-electron chi connectivity index (χ2n) is 8.24. The van der Waals surface area contributed by atoms with Crippen LogP contribution in [-0.4, -0.2) is 58.1 Å². The Morgan fingerprint density at radius 2 is 1.90 bits per heavy atom. The molecule has 0 unspecified atom stereocenters. The lowest BCUT2D eigenvalue weighted by Crippen LogP contribution is -2.39. The summed E-state index contributed by atoms with van der Waals surface area (Å²) >= 11 is 0. The number of anilines is 2. The van der Waals surface area contributed by atoms with Crippen LogP contribution in [0.25, 0.3) is 0 Å². The Morgan fingerprint density at radius 1 is 1.06 bits per heavy atom. The van der Waals surface area contributed by atoms with Crippen molar-refractivity contribution in [1.29, 1.82) is 0 Å². The average molecular weight is 428 g/mol. The van der Waals surface area contributed by atoms with E-state index in [2.05, 4.69) is 26.9 Å². The lowest BCUT2D eigenvalue weighted by Gasteiger charge is -2.34. The third kappa shape index (κ3) is 4.98. The maximum absolute atomic E-state index is 12.6. The molecule has 0 aliphatic carbocycles. The Morgan fingerprint density at radius 3 is 2.68 bits per heavy atom. The largest absolute Gasteiger partial charge is 0.493 e. The van der Waals surface area contributed by atoms with Gasteiger partial charge in [-0.25, -0.2) is 0 Å². The zero-order valence-electron chi connectivity index (χ0n) is 18.6. The standard InChI is InChI=1S/C24H33N3O4/c1-29-21-9-6-7-18(24(21)30-2)15-19-8-4-3-5-10-27(19)22-16-20(17-23(28)25-22)26-11-13-31-14-12-26/h6-7,9,16-17,19H,3-5,8,10-15H2,1-2H3,(H,25,28)/t19-/m0/s1. The number of nitrogens with one attached hydrogen (secondary N) is 1. The van der Waals surface area contributed by atoms with Gasteiger partial charge >= 0.3 is 0 Å². The maximum Gasteiger partial charge on any atom is 0.251 e. The second-order valence-corrected chi connectivity index (χ2v) is 8.24. The Bertz CT molecular complexity index is 923. The molecule has 2 aliphatic rings. The first-order valence-corrected chi connectivity index (χ1v) is 11.2. The van der Waals surface area contributed by atoms with Gasteiger partial charge in [0.15, 0.2) is 11.5 Å². The number of ether oxygens (including phenoxy) is 3. The summed E-state index contributed by atoms with van der Waals surface area (Å²) in [5.74, 6) is 2.45. The zero-order chi connectivity index (χ0) is 21.6. The van der Waals surface area contributed by atoms with Crippen molar-refractivity contribution < 1.29 is 14.2 Å². The molecular weight excluding hydrogens is 394 g/mol. The number of rotatable bonds is 6. The molecule has 0 spiro atoms. The van der Waals surface area contributed by atoms with Gasteiger partial charge in [0.2, 0.25) is 0 Å². The van der Waals surface area contributed by atoms with E-state index in [-0.39, 0.29) is 11.6 Å². The molecule has 1 atom stereocenters. The van der Waals surface area contributed by atoms with Gasteiger partial charge in [0.1, 0.15) is 5.82 Å². The van der Waals surface area contributed by atoms with Gasteiger partial charge in [0, 0.05) is 49.1 Å². The fourth-order valence-corrected chi connectivity index (χ4v) is 4.75. The van der Waals surface area contributed by atoms with Crippen LogP contribution in [0, 0.1) is 0 Å². The molecule has 1 N–H and O–H groups in total. The molecule has 31 heavy (non-hydrogen) atoms. The molecule has 168 valence electrons. The Labute approximate surface area is 183 Å². The first-order valence-electron chi connectivity index (χ1n) is 11.2. The van der Waals surface area contributed by atoms with E-state index in [9.17, 15) is 4.79 Å². The highest BCUT2D eigenvalue weighted by Crippen LogP contribution is 2.34. The highest BCUT2D eigenvalue weighted by atomic mass is 16.5. The third-order valence-electron chi connectivity index (χ3n) is 6.32. The van der Waals surface area contributed by atoms with Crippen molar-refractivity contribution in [3.8, 4) is 11.5 Å². The van der Waals surface area contributed by atoms with Gasteiger partial charge < -0.3 is 29.0 Å². The monoisotopic (exact) mass is 427 g/mol. The molecule has 2 aromatic rings. The van der Waals surface area contributed by atoms with E-state index >= 15 is 0 Å². The highest BCUT2D eigenvalue weighted by molar-refractivity contribution is 5.56. The molecule has 2 saturated heterocycles. The SMILES string of the molecule is COc1cccc(C[C@@H]2CCCCCN2c2cc(N3CCOCC3)cc(=O)[nH]2)c1OC. The molecule has 3 heterocycles.